The molecule has 0 bridgehead atoms. The molecule has 0 radical (unpaired) electrons. The van der Waals surface area contributed by atoms with E-state index >= 15 is 0 Å². The Morgan fingerprint density at radius 3 is 2.65 bits per heavy atom. The highest BCUT2D eigenvalue weighted by Gasteiger charge is 2.13. The number of hydrazine groups is 1. The molecule has 1 rings (SSSR count). The number of nitrogens with zero attached hydrogens (tertiary/aromatic N) is 3. The van der Waals surface area contributed by atoms with Gasteiger partial charge in [-0.25, -0.2) is 10.8 Å². The number of rotatable bonds is 5. The van der Waals surface area contributed by atoms with Gasteiger partial charge < -0.3 is 15.2 Å². The molecule has 0 aliphatic rings. The summed E-state index contributed by atoms with van der Waals surface area (Å²) in [6.45, 7) is 1.48. The van der Waals surface area contributed by atoms with E-state index in [0.29, 0.717) is 18.1 Å². The van der Waals surface area contributed by atoms with Crippen LogP contribution in [0.5, 0.6) is 0 Å². The monoisotopic (exact) mass is 237 g/mol. The standard InChI is InChI=1S/C11H19N5O/c1-15(2)7-8-16(3)11(17)9-5-4-6-10(13-9)14-12/h4-6H,7-8,12H2,1-3H3,(H,13,14). The van der Waals surface area contributed by atoms with Crippen molar-refractivity contribution in [2.75, 3.05) is 39.7 Å². The lowest BCUT2D eigenvalue weighted by molar-refractivity contribution is 0.0780. The van der Waals surface area contributed by atoms with Crippen molar-refractivity contribution in [3.8, 4) is 0 Å². The van der Waals surface area contributed by atoms with Gasteiger partial charge in [0.25, 0.3) is 5.91 Å². The second-order valence-electron chi connectivity index (χ2n) is 4.08. The maximum Gasteiger partial charge on any atom is 0.272 e. The van der Waals surface area contributed by atoms with E-state index in [0.717, 1.165) is 6.54 Å². The summed E-state index contributed by atoms with van der Waals surface area (Å²) in [5.41, 5.74) is 2.81. The second kappa shape index (κ2) is 6.17. The third-order valence-corrected chi connectivity index (χ3v) is 2.35. The van der Waals surface area contributed by atoms with E-state index in [1.165, 1.54) is 0 Å². The van der Waals surface area contributed by atoms with Crippen molar-refractivity contribution in [2.24, 2.45) is 5.84 Å². The van der Waals surface area contributed by atoms with Crippen molar-refractivity contribution in [1.29, 1.82) is 0 Å². The predicted octanol–water partition coefficient (Wildman–Crippen LogP) is 0.000800. The van der Waals surface area contributed by atoms with Crippen molar-refractivity contribution >= 4 is 11.7 Å². The average Bonchev–Trinajstić information content (AvgIpc) is 2.35. The Morgan fingerprint density at radius 2 is 2.06 bits per heavy atom. The Morgan fingerprint density at radius 1 is 1.35 bits per heavy atom. The molecular formula is C11H19N5O. The summed E-state index contributed by atoms with van der Waals surface area (Å²) in [5, 5.41) is 0. The predicted molar refractivity (Wildman–Crippen MR) is 67.6 cm³/mol. The number of carbonyl (C=O) groups is 1. The van der Waals surface area contributed by atoms with Crippen LogP contribution in [0.3, 0.4) is 0 Å². The summed E-state index contributed by atoms with van der Waals surface area (Å²) in [7, 11) is 5.70. The Bertz CT molecular complexity index is 380. The van der Waals surface area contributed by atoms with E-state index in [-0.39, 0.29) is 5.91 Å². The molecule has 0 spiro atoms. The molecule has 0 saturated heterocycles. The van der Waals surface area contributed by atoms with E-state index in [9.17, 15) is 4.79 Å². The summed E-state index contributed by atoms with van der Waals surface area (Å²) in [4.78, 5) is 19.8. The quantitative estimate of drug-likeness (QED) is 0.557. The number of nitrogens with two attached hydrogens (primary N) is 1. The summed E-state index contributed by atoms with van der Waals surface area (Å²) in [5.74, 6) is 5.63. The Kier molecular flexibility index (Phi) is 4.86. The maximum atomic E-state index is 12.0. The first-order chi connectivity index (χ1) is 8.04. The van der Waals surface area contributed by atoms with Gasteiger partial charge in [0.05, 0.1) is 0 Å². The van der Waals surface area contributed by atoms with Gasteiger partial charge in [0, 0.05) is 20.1 Å². The molecule has 0 aromatic carbocycles. The van der Waals surface area contributed by atoms with Gasteiger partial charge in [-0.3, -0.25) is 4.79 Å². The number of carbonyl (C=O) groups excluding carboxylic acids is 1. The molecule has 94 valence electrons. The van der Waals surface area contributed by atoms with Crippen LogP contribution in [0.25, 0.3) is 0 Å². The largest absolute Gasteiger partial charge is 0.339 e. The lowest BCUT2D eigenvalue weighted by atomic mass is 10.3. The molecule has 1 heterocycles. The highest BCUT2D eigenvalue weighted by atomic mass is 16.2. The zero-order valence-corrected chi connectivity index (χ0v) is 10.5. The molecule has 17 heavy (non-hydrogen) atoms. The molecule has 3 N–H and O–H groups in total. The van der Waals surface area contributed by atoms with Gasteiger partial charge in [-0.05, 0) is 26.2 Å². The highest BCUT2D eigenvalue weighted by molar-refractivity contribution is 5.92. The summed E-state index contributed by atoms with van der Waals surface area (Å²) < 4.78 is 0. The molecule has 1 amide bonds. The number of amides is 1. The van der Waals surface area contributed by atoms with Crippen LogP contribution in [-0.4, -0.2) is 54.9 Å². The fraction of sp³-hybridized carbons (Fsp3) is 0.455. The van der Waals surface area contributed by atoms with Crippen molar-refractivity contribution in [2.45, 2.75) is 0 Å². The number of pyridine rings is 1. The molecule has 0 aliphatic heterocycles. The SMILES string of the molecule is CN(C)CCN(C)C(=O)c1cccc(NN)n1. The number of nitrogens with one attached hydrogen (secondary N) is 1. The zero-order valence-electron chi connectivity index (χ0n) is 10.5. The number of aromatic nitrogens is 1. The molecule has 6 nitrogen and oxygen atoms in total. The summed E-state index contributed by atoms with van der Waals surface area (Å²) in [6.07, 6.45) is 0. The Hall–Kier alpha value is -1.66. The van der Waals surface area contributed by atoms with E-state index < -0.39 is 0 Å². The first-order valence-electron chi connectivity index (χ1n) is 5.38. The molecule has 0 saturated carbocycles. The van der Waals surface area contributed by atoms with Crippen LogP contribution in [0.4, 0.5) is 5.82 Å². The Balaban J connectivity index is 2.67. The van der Waals surface area contributed by atoms with E-state index in [4.69, 9.17) is 5.84 Å². The van der Waals surface area contributed by atoms with Crippen LogP contribution in [0.1, 0.15) is 10.5 Å². The summed E-state index contributed by atoms with van der Waals surface area (Å²) in [6, 6.07) is 5.13. The smallest absolute Gasteiger partial charge is 0.272 e. The minimum atomic E-state index is -0.107. The molecule has 0 atom stereocenters. The normalized spacial score (nSPS) is 10.4. The molecule has 0 fully saturated rings. The fourth-order valence-electron chi connectivity index (χ4n) is 1.28. The van der Waals surface area contributed by atoms with E-state index in [1.807, 2.05) is 19.0 Å². The molecule has 0 aliphatic carbocycles. The van der Waals surface area contributed by atoms with Gasteiger partial charge >= 0.3 is 0 Å². The lowest BCUT2D eigenvalue weighted by Crippen LogP contribution is -2.34. The molecule has 6 heteroatoms. The number of hydrogen-bond donors (Lipinski definition) is 2. The van der Waals surface area contributed by atoms with Gasteiger partial charge in [-0.2, -0.15) is 0 Å². The number of nitrogen functional groups attached to an aromatic ring is 1. The van der Waals surface area contributed by atoms with Crippen LogP contribution in [0.2, 0.25) is 0 Å². The number of hydrogen-bond acceptors (Lipinski definition) is 5. The minimum absolute atomic E-state index is 0.107. The first kappa shape index (κ1) is 13.4. The van der Waals surface area contributed by atoms with Crippen molar-refractivity contribution < 1.29 is 4.79 Å². The number of anilines is 1. The maximum absolute atomic E-state index is 12.0. The van der Waals surface area contributed by atoms with Gasteiger partial charge in [-0.1, -0.05) is 6.07 Å². The van der Waals surface area contributed by atoms with Crippen LogP contribution in [-0.2, 0) is 0 Å². The molecule has 1 aromatic heterocycles. The van der Waals surface area contributed by atoms with Crippen molar-refractivity contribution in [1.82, 2.24) is 14.8 Å². The molecule has 1 aromatic rings. The van der Waals surface area contributed by atoms with Gasteiger partial charge in [0.2, 0.25) is 0 Å². The zero-order chi connectivity index (χ0) is 12.8. The van der Waals surface area contributed by atoms with Crippen molar-refractivity contribution in [3.05, 3.63) is 23.9 Å². The molecule has 0 unspecified atom stereocenters. The number of likely N-dealkylation sites (N-methyl/N-ethyl adjacent to an activating group) is 2. The third kappa shape index (κ3) is 4.01. The van der Waals surface area contributed by atoms with Gasteiger partial charge in [-0.15, -0.1) is 0 Å². The Labute approximate surface area is 101 Å². The molecular weight excluding hydrogens is 218 g/mol. The van der Waals surface area contributed by atoms with Crippen LogP contribution in [0.15, 0.2) is 18.2 Å². The topological polar surface area (TPSA) is 74.5 Å². The fourth-order valence-corrected chi connectivity index (χ4v) is 1.28. The summed E-state index contributed by atoms with van der Waals surface area (Å²) >= 11 is 0. The second-order valence-corrected chi connectivity index (χ2v) is 4.08. The first-order valence-corrected chi connectivity index (χ1v) is 5.38. The highest BCUT2D eigenvalue weighted by Crippen LogP contribution is 2.05. The third-order valence-electron chi connectivity index (χ3n) is 2.35. The van der Waals surface area contributed by atoms with Crippen LogP contribution in [0, 0.1) is 0 Å². The van der Waals surface area contributed by atoms with Crippen LogP contribution >= 0.6 is 0 Å². The average molecular weight is 237 g/mol. The lowest BCUT2D eigenvalue weighted by Gasteiger charge is -2.19. The van der Waals surface area contributed by atoms with Gasteiger partial charge in [0.1, 0.15) is 11.5 Å². The van der Waals surface area contributed by atoms with E-state index in [1.54, 1.807) is 30.1 Å². The van der Waals surface area contributed by atoms with Crippen LogP contribution < -0.4 is 11.3 Å². The van der Waals surface area contributed by atoms with Crippen molar-refractivity contribution in [3.63, 3.8) is 0 Å². The minimum Gasteiger partial charge on any atom is -0.339 e. The van der Waals surface area contributed by atoms with E-state index in [2.05, 4.69) is 10.4 Å². The van der Waals surface area contributed by atoms with Gasteiger partial charge in [0.15, 0.2) is 0 Å².